The van der Waals surface area contributed by atoms with Crippen LogP contribution in [0.15, 0.2) is 23.2 Å². The molecule has 0 spiro atoms. The smallest absolute Gasteiger partial charge is 0.148 e. The fourth-order valence-electron chi connectivity index (χ4n) is 0.725. The van der Waals surface area contributed by atoms with E-state index in [2.05, 4.69) is 38.0 Å². The Morgan fingerprint density at radius 3 is 2.77 bits per heavy atom. The zero-order chi connectivity index (χ0) is 9.68. The maximum Gasteiger partial charge on any atom is 0.148 e. The molecule has 0 aliphatic heterocycles. The first-order valence-electron chi connectivity index (χ1n) is 3.73. The van der Waals surface area contributed by atoms with Crippen molar-refractivity contribution in [1.82, 2.24) is 10.2 Å². The average molecular weight is 244 g/mol. The summed E-state index contributed by atoms with van der Waals surface area (Å²) < 4.78 is 0.848. The minimum atomic E-state index is -0.0849. The summed E-state index contributed by atoms with van der Waals surface area (Å²) >= 11 is 3.21. The quantitative estimate of drug-likeness (QED) is 0.837. The van der Waals surface area contributed by atoms with Gasteiger partial charge in [0.25, 0.3) is 0 Å². The number of aromatic nitrogens is 2. The number of nitrogens with zero attached hydrogens (tertiary/aromatic N) is 2. The highest BCUT2D eigenvalue weighted by atomic mass is 79.9. The minimum Gasteiger partial charge on any atom is -0.390 e. The van der Waals surface area contributed by atoms with Gasteiger partial charge in [-0.3, -0.25) is 0 Å². The topological polar surface area (TPSA) is 58.0 Å². The number of aliphatic hydroxyl groups excluding tert-OH is 1. The predicted octanol–water partition coefficient (Wildman–Crippen LogP) is 1.29. The van der Waals surface area contributed by atoms with Crippen LogP contribution in [0.25, 0.3) is 0 Å². The first-order valence-corrected chi connectivity index (χ1v) is 4.52. The lowest BCUT2D eigenvalue weighted by molar-refractivity contribution is 0.275. The van der Waals surface area contributed by atoms with Crippen LogP contribution in [-0.4, -0.2) is 21.8 Å². The lowest BCUT2D eigenvalue weighted by atomic mass is 10.4. The SMILES string of the molecule is C=C(Br)CNc1ccc(CO)nn1. The lowest BCUT2D eigenvalue weighted by Crippen LogP contribution is -2.04. The van der Waals surface area contributed by atoms with Gasteiger partial charge in [-0.2, -0.15) is 5.10 Å². The summed E-state index contributed by atoms with van der Waals surface area (Å²) in [7, 11) is 0. The summed E-state index contributed by atoms with van der Waals surface area (Å²) in [6.07, 6.45) is 0. The minimum absolute atomic E-state index is 0.0849. The van der Waals surface area contributed by atoms with E-state index >= 15 is 0 Å². The third kappa shape index (κ3) is 3.52. The molecule has 0 amide bonds. The first kappa shape index (κ1) is 10.1. The van der Waals surface area contributed by atoms with Gasteiger partial charge in [0.1, 0.15) is 5.82 Å². The molecule has 1 rings (SSSR count). The molecule has 0 aliphatic carbocycles. The van der Waals surface area contributed by atoms with Gasteiger partial charge in [-0.25, -0.2) is 0 Å². The third-order valence-electron chi connectivity index (χ3n) is 1.34. The Kier molecular flexibility index (Phi) is 3.85. The number of halogens is 1. The van der Waals surface area contributed by atoms with Crippen molar-refractivity contribution < 1.29 is 5.11 Å². The number of rotatable bonds is 4. The third-order valence-corrected chi connectivity index (χ3v) is 1.62. The van der Waals surface area contributed by atoms with Gasteiger partial charge in [0.05, 0.1) is 12.3 Å². The van der Waals surface area contributed by atoms with E-state index in [9.17, 15) is 0 Å². The van der Waals surface area contributed by atoms with Crippen molar-refractivity contribution in [3.63, 3.8) is 0 Å². The van der Waals surface area contributed by atoms with Gasteiger partial charge in [-0.05, 0) is 12.1 Å². The van der Waals surface area contributed by atoms with Crippen LogP contribution in [-0.2, 0) is 6.61 Å². The zero-order valence-corrected chi connectivity index (χ0v) is 8.58. The lowest BCUT2D eigenvalue weighted by Gasteiger charge is -2.02. The maximum absolute atomic E-state index is 8.70. The Morgan fingerprint density at radius 1 is 1.54 bits per heavy atom. The van der Waals surface area contributed by atoms with Gasteiger partial charge in [0.2, 0.25) is 0 Å². The Bertz CT molecular complexity index is 286. The number of aliphatic hydroxyl groups is 1. The van der Waals surface area contributed by atoms with Crippen molar-refractivity contribution in [2.75, 3.05) is 11.9 Å². The van der Waals surface area contributed by atoms with E-state index in [0.29, 0.717) is 18.1 Å². The van der Waals surface area contributed by atoms with Crippen LogP contribution in [0.2, 0.25) is 0 Å². The van der Waals surface area contributed by atoms with E-state index < -0.39 is 0 Å². The van der Waals surface area contributed by atoms with Crippen LogP contribution < -0.4 is 5.32 Å². The molecule has 2 N–H and O–H groups in total. The molecule has 5 heteroatoms. The number of hydrogen-bond acceptors (Lipinski definition) is 4. The fraction of sp³-hybridized carbons (Fsp3) is 0.250. The van der Waals surface area contributed by atoms with Crippen LogP contribution in [0.4, 0.5) is 5.82 Å². The number of anilines is 1. The molecule has 1 aromatic rings. The van der Waals surface area contributed by atoms with Gasteiger partial charge < -0.3 is 10.4 Å². The van der Waals surface area contributed by atoms with Gasteiger partial charge in [0, 0.05) is 11.0 Å². The van der Waals surface area contributed by atoms with E-state index in [1.165, 1.54) is 0 Å². The van der Waals surface area contributed by atoms with Crippen molar-refractivity contribution >= 4 is 21.7 Å². The van der Waals surface area contributed by atoms with E-state index in [-0.39, 0.29) is 6.61 Å². The van der Waals surface area contributed by atoms with Crippen molar-refractivity contribution in [3.05, 3.63) is 28.9 Å². The van der Waals surface area contributed by atoms with Gasteiger partial charge in [-0.15, -0.1) is 5.10 Å². The maximum atomic E-state index is 8.70. The Morgan fingerprint density at radius 2 is 2.31 bits per heavy atom. The molecule has 0 saturated carbocycles. The van der Waals surface area contributed by atoms with Crippen LogP contribution in [0.1, 0.15) is 5.69 Å². The average Bonchev–Trinajstić information content (AvgIpc) is 2.15. The highest BCUT2D eigenvalue weighted by Gasteiger charge is 1.95. The predicted molar refractivity (Wildman–Crippen MR) is 54.5 cm³/mol. The van der Waals surface area contributed by atoms with Crippen LogP contribution in [0.3, 0.4) is 0 Å². The van der Waals surface area contributed by atoms with E-state index in [1.54, 1.807) is 12.1 Å². The fourth-order valence-corrected chi connectivity index (χ4v) is 0.865. The Hall–Kier alpha value is -0.940. The molecular formula is C8H10BrN3O. The van der Waals surface area contributed by atoms with Crippen molar-refractivity contribution in [1.29, 1.82) is 0 Å². The summed E-state index contributed by atoms with van der Waals surface area (Å²) in [4.78, 5) is 0. The monoisotopic (exact) mass is 243 g/mol. The van der Waals surface area contributed by atoms with Crippen LogP contribution in [0.5, 0.6) is 0 Å². The molecule has 0 fully saturated rings. The summed E-state index contributed by atoms with van der Waals surface area (Å²) in [6.45, 7) is 4.19. The number of nitrogens with one attached hydrogen (secondary N) is 1. The molecule has 0 saturated heterocycles. The van der Waals surface area contributed by atoms with E-state index in [0.717, 1.165) is 4.48 Å². The normalized spacial score (nSPS) is 9.69. The molecule has 13 heavy (non-hydrogen) atoms. The second-order valence-electron chi connectivity index (χ2n) is 2.44. The Labute approximate surface area is 84.8 Å². The molecule has 0 aromatic carbocycles. The van der Waals surface area contributed by atoms with Crippen LogP contribution in [0, 0.1) is 0 Å². The highest BCUT2D eigenvalue weighted by molar-refractivity contribution is 9.11. The van der Waals surface area contributed by atoms with Gasteiger partial charge >= 0.3 is 0 Å². The summed E-state index contributed by atoms with van der Waals surface area (Å²) in [6, 6.07) is 3.47. The van der Waals surface area contributed by atoms with E-state index in [1.807, 2.05) is 0 Å². The number of hydrogen-bond donors (Lipinski definition) is 2. The molecule has 4 nitrogen and oxygen atoms in total. The summed E-state index contributed by atoms with van der Waals surface area (Å²) in [5.41, 5.74) is 0.559. The molecule has 1 heterocycles. The highest BCUT2D eigenvalue weighted by Crippen LogP contribution is 2.05. The summed E-state index contributed by atoms with van der Waals surface area (Å²) in [5, 5.41) is 19.3. The standard InChI is InChI=1S/C8H10BrN3O/c1-6(9)4-10-8-3-2-7(5-13)11-12-8/h2-3,13H,1,4-5H2,(H,10,12). The molecule has 0 atom stereocenters. The zero-order valence-electron chi connectivity index (χ0n) is 7.00. The second kappa shape index (κ2) is 4.94. The summed E-state index contributed by atoms with van der Waals surface area (Å²) in [5.74, 6) is 0.665. The molecular weight excluding hydrogens is 234 g/mol. The van der Waals surface area contributed by atoms with Gasteiger partial charge in [0.15, 0.2) is 0 Å². The molecule has 0 radical (unpaired) electrons. The van der Waals surface area contributed by atoms with Crippen LogP contribution >= 0.6 is 15.9 Å². The molecule has 0 unspecified atom stereocenters. The molecule has 0 aliphatic rings. The molecule has 0 bridgehead atoms. The Balaban J connectivity index is 2.54. The molecule has 70 valence electrons. The van der Waals surface area contributed by atoms with Crippen molar-refractivity contribution in [2.45, 2.75) is 6.61 Å². The van der Waals surface area contributed by atoms with Crippen molar-refractivity contribution in [2.24, 2.45) is 0 Å². The largest absolute Gasteiger partial charge is 0.390 e. The first-order chi connectivity index (χ1) is 6.22. The second-order valence-corrected chi connectivity index (χ2v) is 3.56. The van der Waals surface area contributed by atoms with E-state index in [4.69, 9.17) is 5.11 Å². The molecule has 1 aromatic heterocycles. The van der Waals surface area contributed by atoms with Crippen molar-refractivity contribution in [3.8, 4) is 0 Å². The van der Waals surface area contributed by atoms with Gasteiger partial charge in [-0.1, -0.05) is 22.5 Å².